The van der Waals surface area contributed by atoms with Crippen LogP contribution >= 0.6 is 11.6 Å². The number of amides is 2. The molecule has 2 N–H and O–H groups in total. The Morgan fingerprint density at radius 1 is 1.11 bits per heavy atom. The first kappa shape index (κ1) is 18.9. The Hall–Kier alpha value is -2.86. The van der Waals surface area contributed by atoms with Crippen LogP contribution in [0.3, 0.4) is 0 Å². The number of pyridine rings is 1. The zero-order valence-electron chi connectivity index (χ0n) is 15.4. The molecule has 2 amide bonds. The van der Waals surface area contributed by atoms with E-state index in [-0.39, 0.29) is 17.6 Å². The minimum Gasteiger partial charge on any atom is -0.350 e. The monoisotopic (exact) mass is 384 g/mol. The normalized spacial score (nSPS) is 11.0. The van der Waals surface area contributed by atoms with Gasteiger partial charge in [0.05, 0.1) is 0 Å². The summed E-state index contributed by atoms with van der Waals surface area (Å²) in [7, 11) is 0. The lowest BCUT2D eigenvalue weighted by atomic mass is 10.2. The average molecular weight is 385 g/mol. The summed E-state index contributed by atoms with van der Waals surface area (Å²) in [6, 6.07) is 10.2. The number of benzene rings is 1. The van der Waals surface area contributed by atoms with E-state index in [0.29, 0.717) is 34.4 Å². The van der Waals surface area contributed by atoms with Crippen molar-refractivity contribution >= 4 is 34.9 Å². The third-order valence-electron chi connectivity index (χ3n) is 3.99. The average Bonchev–Trinajstić information content (AvgIpc) is 2.97. The number of nitrogens with zero attached hydrogens (tertiary/aromatic N) is 2. The SMILES string of the molecule is Cc1ccc2nc(NC(=O)c3ccc(Cl)cc3)c(C(=O)NCC(C)C)n2c1. The molecular weight excluding hydrogens is 364 g/mol. The van der Waals surface area contributed by atoms with Gasteiger partial charge in [0, 0.05) is 23.3 Å². The lowest BCUT2D eigenvalue weighted by Crippen LogP contribution is -2.29. The molecule has 0 unspecified atom stereocenters. The molecule has 0 aliphatic heterocycles. The molecule has 3 rings (SSSR count). The summed E-state index contributed by atoms with van der Waals surface area (Å²) in [6.45, 7) is 6.49. The summed E-state index contributed by atoms with van der Waals surface area (Å²) in [5.74, 6) is -0.110. The van der Waals surface area contributed by atoms with Crippen LogP contribution in [0.2, 0.25) is 5.02 Å². The van der Waals surface area contributed by atoms with Crippen LogP contribution in [0.5, 0.6) is 0 Å². The summed E-state index contributed by atoms with van der Waals surface area (Å²) in [4.78, 5) is 29.8. The van der Waals surface area contributed by atoms with E-state index in [1.54, 1.807) is 28.7 Å². The second kappa shape index (κ2) is 7.80. The molecule has 1 aromatic carbocycles. The number of rotatable bonds is 5. The second-order valence-electron chi connectivity index (χ2n) is 6.81. The largest absolute Gasteiger partial charge is 0.350 e. The lowest BCUT2D eigenvalue weighted by molar-refractivity contribution is 0.0944. The number of anilines is 1. The lowest BCUT2D eigenvalue weighted by Gasteiger charge is -2.10. The standard InChI is InChI=1S/C20H21ClN4O2/c1-12(2)10-22-20(27)17-18(23-16-9-4-13(3)11-25(16)17)24-19(26)14-5-7-15(21)8-6-14/h4-9,11-12H,10H2,1-3H3,(H,22,27)(H,24,26). The number of hydrogen-bond acceptors (Lipinski definition) is 3. The first-order chi connectivity index (χ1) is 12.8. The summed E-state index contributed by atoms with van der Waals surface area (Å²) >= 11 is 5.87. The van der Waals surface area contributed by atoms with E-state index in [9.17, 15) is 9.59 Å². The van der Waals surface area contributed by atoms with Gasteiger partial charge >= 0.3 is 0 Å². The highest BCUT2D eigenvalue weighted by Gasteiger charge is 2.21. The number of halogens is 1. The van der Waals surface area contributed by atoms with Gasteiger partial charge in [-0.15, -0.1) is 0 Å². The highest BCUT2D eigenvalue weighted by molar-refractivity contribution is 6.30. The van der Waals surface area contributed by atoms with Gasteiger partial charge in [0.2, 0.25) is 0 Å². The zero-order valence-corrected chi connectivity index (χ0v) is 16.2. The van der Waals surface area contributed by atoms with Crippen molar-refractivity contribution in [2.24, 2.45) is 5.92 Å². The van der Waals surface area contributed by atoms with Gasteiger partial charge in [0.1, 0.15) is 5.65 Å². The molecule has 0 atom stereocenters. The number of nitrogens with one attached hydrogen (secondary N) is 2. The van der Waals surface area contributed by atoms with Gasteiger partial charge in [-0.3, -0.25) is 14.0 Å². The number of carbonyl (C=O) groups excluding carboxylic acids is 2. The van der Waals surface area contributed by atoms with Crippen LogP contribution in [-0.4, -0.2) is 27.7 Å². The number of hydrogen-bond donors (Lipinski definition) is 2. The summed E-state index contributed by atoms with van der Waals surface area (Å²) in [5, 5.41) is 6.18. The van der Waals surface area contributed by atoms with Crippen LogP contribution < -0.4 is 10.6 Å². The number of aromatic nitrogens is 2. The van der Waals surface area contributed by atoms with Gasteiger partial charge in [-0.05, 0) is 48.7 Å². The van der Waals surface area contributed by atoms with Gasteiger partial charge in [-0.2, -0.15) is 0 Å². The van der Waals surface area contributed by atoms with Crippen LogP contribution in [0, 0.1) is 12.8 Å². The Balaban J connectivity index is 1.98. The van der Waals surface area contributed by atoms with E-state index in [2.05, 4.69) is 15.6 Å². The predicted molar refractivity (Wildman–Crippen MR) is 107 cm³/mol. The topological polar surface area (TPSA) is 75.5 Å². The van der Waals surface area contributed by atoms with Crippen molar-refractivity contribution in [3.63, 3.8) is 0 Å². The van der Waals surface area contributed by atoms with Crippen LogP contribution in [0.4, 0.5) is 5.82 Å². The Kier molecular flexibility index (Phi) is 5.46. The van der Waals surface area contributed by atoms with E-state index < -0.39 is 0 Å². The van der Waals surface area contributed by atoms with Gasteiger partial charge in [0.25, 0.3) is 11.8 Å². The van der Waals surface area contributed by atoms with Crippen molar-refractivity contribution in [2.45, 2.75) is 20.8 Å². The molecule has 140 valence electrons. The smallest absolute Gasteiger partial charge is 0.272 e. The van der Waals surface area contributed by atoms with Crippen molar-refractivity contribution in [1.82, 2.24) is 14.7 Å². The van der Waals surface area contributed by atoms with E-state index in [0.717, 1.165) is 5.56 Å². The fourth-order valence-electron chi connectivity index (χ4n) is 2.62. The molecule has 0 radical (unpaired) electrons. The van der Waals surface area contributed by atoms with Crippen molar-refractivity contribution in [3.05, 3.63) is 64.4 Å². The summed E-state index contributed by atoms with van der Waals surface area (Å²) < 4.78 is 1.70. The molecule has 2 aromatic heterocycles. The molecule has 0 spiro atoms. The predicted octanol–water partition coefficient (Wildman–Crippen LogP) is 3.93. The Morgan fingerprint density at radius 2 is 1.81 bits per heavy atom. The maximum Gasteiger partial charge on any atom is 0.272 e. The second-order valence-corrected chi connectivity index (χ2v) is 7.24. The Labute approximate surface area is 162 Å². The molecule has 27 heavy (non-hydrogen) atoms. The zero-order chi connectivity index (χ0) is 19.6. The Morgan fingerprint density at radius 3 is 2.48 bits per heavy atom. The molecule has 0 aliphatic carbocycles. The molecule has 6 nitrogen and oxygen atoms in total. The van der Waals surface area contributed by atoms with Crippen molar-refractivity contribution in [3.8, 4) is 0 Å². The highest BCUT2D eigenvalue weighted by Crippen LogP contribution is 2.20. The third kappa shape index (κ3) is 4.28. The van der Waals surface area contributed by atoms with E-state index in [1.165, 1.54) is 0 Å². The first-order valence-corrected chi connectivity index (χ1v) is 9.07. The van der Waals surface area contributed by atoms with Gasteiger partial charge in [-0.1, -0.05) is 31.5 Å². The van der Waals surface area contributed by atoms with Gasteiger partial charge in [0.15, 0.2) is 11.5 Å². The fourth-order valence-corrected chi connectivity index (χ4v) is 2.74. The number of carbonyl (C=O) groups is 2. The molecular formula is C20H21ClN4O2. The highest BCUT2D eigenvalue weighted by atomic mass is 35.5. The summed E-state index contributed by atoms with van der Waals surface area (Å²) in [6.07, 6.45) is 1.82. The molecule has 0 aliphatic rings. The van der Waals surface area contributed by atoms with Crippen molar-refractivity contribution < 1.29 is 9.59 Å². The van der Waals surface area contributed by atoms with E-state index >= 15 is 0 Å². The maximum absolute atomic E-state index is 12.8. The van der Waals surface area contributed by atoms with Crippen molar-refractivity contribution in [1.29, 1.82) is 0 Å². The number of imidazole rings is 1. The van der Waals surface area contributed by atoms with Crippen LogP contribution in [0.1, 0.15) is 40.3 Å². The molecule has 0 saturated heterocycles. The van der Waals surface area contributed by atoms with Gasteiger partial charge < -0.3 is 10.6 Å². The number of fused-ring (bicyclic) bond motifs is 1. The van der Waals surface area contributed by atoms with Crippen LogP contribution in [0.25, 0.3) is 5.65 Å². The maximum atomic E-state index is 12.8. The molecule has 0 bridgehead atoms. The van der Waals surface area contributed by atoms with Crippen LogP contribution in [-0.2, 0) is 0 Å². The quantitative estimate of drug-likeness (QED) is 0.699. The third-order valence-corrected chi connectivity index (χ3v) is 4.24. The molecule has 0 saturated carbocycles. The summed E-state index contributed by atoms with van der Waals surface area (Å²) in [5.41, 5.74) is 2.30. The van der Waals surface area contributed by atoms with Crippen LogP contribution in [0.15, 0.2) is 42.6 Å². The van der Waals surface area contributed by atoms with E-state index in [1.807, 2.05) is 39.1 Å². The minimum absolute atomic E-state index is 0.224. The van der Waals surface area contributed by atoms with Gasteiger partial charge in [-0.25, -0.2) is 4.98 Å². The first-order valence-electron chi connectivity index (χ1n) is 8.69. The Bertz CT molecular complexity index is 993. The molecule has 7 heteroatoms. The fraction of sp³-hybridized carbons (Fsp3) is 0.250. The molecule has 2 heterocycles. The van der Waals surface area contributed by atoms with Crippen molar-refractivity contribution in [2.75, 3.05) is 11.9 Å². The molecule has 0 fully saturated rings. The molecule has 3 aromatic rings. The van der Waals surface area contributed by atoms with E-state index in [4.69, 9.17) is 11.6 Å². The number of aryl methyl sites for hydroxylation is 1. The minimum atomic E-state index is -0.357.